The van der Waals surface area contributed by atoms with Gasteiger partial charge in [-0.2, -0.15) is 0 Å². The smallest absolute Gasteiger partial charge is 0.133 e. The van der Waals surface area contributed by atoms with E-state index in [9.17, 15) is 13.2 Å². The molecule has 168 valence electrons. The molecular formula is C25H36F3NO. The fraction of sp³-hybridized carbons (Fsp3) is 0.600. The Morgan fingerprint density at radius 1 is 1.17 bits per heavy atom. The number of aliphatic hydroxyl groups excluding tert-OH is 1. The fourth-order valence-corrected chi connectivity index (χ4v) is 4.28. The van der Waals surface area contributed by atoms with E-state index in [1.54, 1.807) is 0 Å². The lowest BCUT2D eigenvalue weighted by Gasteiger charge is -2.22. The van der Waals surface area contributed by atoms with Gasteiger partial charge in [0.05, 0.1) is 5.56 Å². The van der Waals surface area contributed by atoms with Gasteiger partial charge in [-0.1, -0.05) is 39.0 Å². The molecule has 0 saturated heterocycles. The molecule has 3 rings (SSSR count). The number of halogens is 3. The van der Waals surface area contributed by atoms with Crippen molar-refractivity contribution in [1.82, 2.24) is 5.32 Å². The first-order valence-electron chi connectivity index (χ1n) is 11.2. The molecule has 30 heavy (non-hydrogen) atoms. The lowest BCUT2D eigenvalue weighted by atomic mass is 9.86. The van der Waals surface area contributed by atoms with E-state index < -0.39 is 17.3 Å². The largest absolute Gasteiger partial charge is 0.396 e. The van der Waals surface area contributed by atoms with Crippen LogP contribution in [0.2, 0.25) is 0 Å². The summed E-state index contributed by atoms with van der Waals surface area (Å²) in [5.74, 6) is 0.0361. The van der Waals surface area contributed by atoms with Crippen molar-refractivity contribution in [2.45, 2.75) is 59.0 Å². The maximum absolute atomic E-state index is 14.3. The number of nitrogens with one attached hydrogen (secondary N) is 1. The molecule has 0 heterocycles. The van der Waals surface area contributed by atoms with Crippen LogP contribution in [0.15, 0.2) is 35.9 Å². The number of aliphatic hydroxyl groups is 1. The van der Waals surface area contributed by atoms with Crippen molar-refractivity contribution in [2.75, 3.05) is 19.7 Å². The van der Waals surface area contributed by atoms with Gasteiger partial charge in [-0.05, 0) is 73.8 Å². The predicted octanol–water partition coefficient (Wildman–Crippen LogP) is 6.07. The van der Waals surface area contributed by atoms with E-state index in [-0.39, 0.29) is 25.1 Å². The maximum Gasteiger partial charge on any atom is 0.133 e. The van der Waals surface area contributed by atoms with Crippen LogP contribution in [0.5, 0.6) is 0 Å². The Hall–Kier alpha value is -1.59. The summed E-state index contributed by atoms with van der Waals surface area (Å²) in [5.41, 5.74) is 0.431. The zero-order chi connectivity index (χ0) is 22.3. The van der Waals surface area contributed by atoms with Crippen LogP contribution >= 0.6 is 0 Å². The molecule has 0 radical (unpaired) electrons. The molecule has 2 aliphatic rings. The molecule has 2 N–H and O–H groups in total. The van der Waals surface area contributed by atoms with Gasteiger partial charge in [-0.15, -0.1) is 0 Å². The number of alkyl halides is 1. The molecule has 5 heteroatoms. The van der Waals surface area contributed by atoms with E-state index in [2.05, 4.69) is 18.3 Å². The van der Waals surface area contributed by atoms with E-state index in [1.165, 1.54) is 25.1 Å². The van der Waals surface area contributed by atoms with Crippen molar-refractivity contribution in [3.8, 4) is 0 Å². The summed E-state index contributed by atoms with van der Waals surface area (Å²) in [5, 5.41) is 12.1. The maximum atomic E-state index is 14.3. The molecule has 1 aromatic rings. The molecule has 0 amide bonds. The summed E-state index contributed by atoms with van der Waals surface area (Å²) in [4.78, 5) is 0. The lowest BCUT2D eigenvalue weighted by Crippen LogP contribution is -2.37. The van der Waals surface area contributed by atoms with Crippen molar-refractivity contribution < 1.29 is 18.3 Å². The highest BCUT2D eigenvalue weighted by Crippen LogP contribution is 2.53. The van der Waals surface area contributed by atoms with E-state index in [1.807, 2.05) is 19.9 Å². The Kier molecular flexibility index (Phi) is 9.17. The fourth-order valence-electron chi connectivity index (χ4n) is 4.28. The molecule has 1 aromatic carbocycles. The van der Waals surface area contributed by atoms with Crippen LogP contribution < -0.4 is 5.32 Å². The predicted molar refractivity (Wildman–Crippen MR) is 118 cm³/mol. The van der Waals surface area contributed by atoms with Gasteiger partial charge in [0.2, 0.25) is 0 Å². The molecule has 0 aliphatic heterocycles. The monoisotopic (exact) mass is 423 g/mol. The van der Waals surface area contributed by atoms with Crippen molar-refractivity contribution >= 4 is 5.57 Å². The van der Waals surface area contributed by atoms with Gasteiger partial charge in [0.15, 0.2) is 0 Å². The average Bonchev–Trinajstić information content (AvgIpc) is 3.50. The highest BCUT2D eigenvalue weighted by atomic mass is 19.1. The third kappa shape index (κ3) is 6.21. The molecule has 1 fully saturated rings. The van der Waals surface area contributed by atoms with Crippen LogP contribution in [0.1, 0.15) is 58.9 Å². The molecule has 4 unspecified atom stereocenters. The third-order valence-electron chi connectivity index (χ3n) is 5.99. The number of benzene rings is 1. The topological polar surface area (TPSA) is 32.3 Å². The van der Waals surface area contributed by atoms with Gasteiger partial charge in [0, 0.05) is 19.6 Å². The second-order valence-electron chi connectivity index (χ2n) is 8.45. The molecule has 2 aliphatic carbocycles. The Morgan fingerprint density at radius 3 is 2.43 bits per heavy atom. The van der Waals surface area contributed by atoms with Crippen molar-refractivity contribution in [3.63, 3.8) is 0 Å². The highest BCUT2D eigenvalue weighted by molar-refractivity contribution is 5.81. The summed E-state index contributed by atoms with van der Waals surface area (Å²) in [6.45, 7) is 8.37. The van der Waals surface area contributed by atoms with Crippen molar-refractivity contribution in [2.24, 2.45) is 17.8 Å². The SMILES string of the molecule is CC.CC(CNCC(C)(F)CCO)C1CC1C1=CCCC=C1c1c(F)cccc1F. The molecule has 0 aromatic heterocycles. The number of hydrogen-bond acceptors (Lipinski definition) is 2. The van der Waals surface area contributed by atoms with Crippen molar-refractivity contribution in [3.05, 3.63) is 53.1 Å². The third-order valence-corrected chi connectivity index (χ3v) is 5.99. The molecule has 4 atom stereocenters. The van der Waals surface area contributed by atoms with Crippen LogP contribution in [0.3, 0.4) is 0 Å². The van der Waals surface area contributed by atoms with Crippen LogP contribution in [-0.2, 0) is 0 Å². The molecule has 2 nitrogen and oxygen atoms in total. The van der Waals surface area contributed by atoms with Gasteiger partial charge in [-0.25, -0.2) is 13.2 Å². The van der Waals surface area contributed by atoms with E-state index in [0.29, 0.717) is 29.9 Å². The van der Waals surface area contributed by atoms with Crippen LogP contribution in [0.25, 0.3) is 5.57 Å². The van der Waals surface area contributed by atoms with E-state index in [4.69, 9.17) is 5.11 Å². The average molecular weight is 424 g/mol. The Balaban J connectivity index is 0.00000155. The molecule has 1 saturated carbocycles. The van der Waals surface area contributed by atoms with Crippen LogP contribution in [0, 0.1) is 29.4 Å². The Morgan fingerprint density at radius 2 is 1.80 bits per heavy atom. The second-order valence-corrected chi connectivity index (χ2v) is 8.45. The zero-order valence-electron chi connectivity index (χ0n) is 18.6. The number of allylic oxidation sites excluding steroid dienone is 4. The summed E-state index contributed by atoms with van der Waals surface area (Å²) in [6.07, 6.45) is 6.89. The molecule has 0 spiro atoms. The van der Waals surface area contributed by atoms with Gasteiger partial charge in [-0.3, -0.25) is 0 Å². The Labute approximate surface area is 179 Å². The Bertz CT molecular complexity index is 737. The van der Waals surface area contributed by atoms with E-state index in [0.717, 1.165) is 24.8 Å². The van der Waals surface area contributed by atoms with Crippen LogP contribution in [-0.4, -0.2) is 30.5 Å². The van der Waals surface area contributed by atoms with Crippen molar-refractivity contribution in [1.29, 1.82) is 0 Å². The quantitative estimate of drug-likeness (QED) is 0.505. The second kappa shape index (κ2) is 11.1. The normalized spacial score (nSPS) is 23.5. The first kappa shape index (κ1) is 24.7. The first-order valence-corrected chi connectivity index (χ1v) is 11.2. The minimum atomic E-state index is -1.42. The van der Waals surface area contributed by atoms with E-state index >= 15 is 0 Å². The van der Waals surface area contributed by atoms with Gasteiger partial charge in [0.25, 0.3) is 0 Å². The molecule has 0 bridgehead atoms. The van der Waals surface area contributed by atoms with Gasteiger partial charge >= 0.3 is 0 Å². The molecular weight excluding hydrogens is 387 g/mol. The minimum absolute atomic E-state index is 0.0853. The summed E-state index contributed by atoms with van der Waals surface area (Å²) < 4.78 is 42.8. The zero-order valence-corrected chi connectivity index (χ0v) is 18.6. The van der Waals surface area contributed by atoms with Gasteiger partial charge < -0.3 is 10.4 Å². The number of rotatable bonds is 9. The highest BCUT2D eigenvalue weighted by Gasteiger charge is 2.44. The minimum Gasteiger partial charge on any atom is -0.396 e. The van der Waals surface area contributed by atoms with Crippen LogP contribution in [0.4, 0.5) is 13.2 Å². The van der Waals surface area contributed by atoms with Gasteiger partial charge in [0.1, 0.15) is 17.3 Å². The summed E-state index contributed by atoms with van der Waals surface area (Å²) in [6, 6.07) is 4.01. The number of hydrogen-bond donors (Lipinski definition) is 2. The first-order chi connectivity index (χ1) is 14.3. The standard InChI is InChI=1S/C23H30F3NO.C2H6/c1-15(13-27-14-23(2,26)10-11-28)18-12-19(18)16-6-3-4-7-17(16)22-20(24)8-5-9-21(22)25;1-2/h5-9,15,18-19,27-28H,3-4,10-14H2,1-2H3;1-2H3. The summed E-state index contributed by atoms with van der Waals surface area (Å²) in [7, 11) is 0. The lowest BCUT2D eigenvalue weighted by molar-refractivity contribution is 0.129. The summed E-state index contributed by atoms with van der Waals surface area (Å²) >= 11 is 0.